The molecule has 2 nitrogen and oxygen atoms in total. The fourth-order valence-corrected chi connectivity index (χ4v) is 2.33. The largest absolute Gasteiger partial charge is 0.354 e. The molecule has 1 aromatic carbocycles. The van der Waals surface area contributed by atoms with Crippen LogP contribution < -0.4 is 4.90 Å². The molecule has 0 saturated carbocycles. The zero-order valence-electron chi connectivity index (χ0n) is 10.9. The Morgan fingerprint density at radius 2 is 1.94 bits per heavy atom. The van der Waals surface area contributed by atoms with Gasteiger partial charge in [-0.05, 0) is 38.5 Å². The SMILES string of the molecule is CC(C)N(CCCBr)c1ccc2ccccc2n1. The van der Waals surface area contributed by atoms with Gasteiger partial charge in [-0.15, -0.1) is 0 Å². The average molecular weight is 307 g/mol. The lowest BCUT2D eigenvalue weighted by Gasteiger charge is -2.27. The monoisotopic (exact) mass is 306 g/mol. The summed E-state index contributed by atoms with van der Waals surface area (Å²) in [6, 6.07) is 13.0. The molecule has 0 aliphatic heterocycles. The highest BCUT2D eigenvalue weighted by molar-refractivity contribution is 9.09. The van der Waals surface area contributed by atoms with Crippen LogP contribution in [0.15, 0.2) is 36.4 Å². The molecule has 18 heavy (non-hydrogen) atoms. The summed E-state index contributed by atoms with van der Waals surface area (Å²) in [7, 11) is 0. The molecule has 0 fully saturated rings. The lowest BCUT2D eigenvalue weighted by atomic mass is 10.2. The highest BCUT2D eigenvalue weighted by Gasteiger charge is 2.11. The van der Waals surface area contributed by atoms with E-state index in [1.165, 1.54) is 5.39 Å². The van der Waals surface area contributed by atoms with Crippen LogP contribution in [-0.2, 0) is 0 Å². The van der Waals surface area contributed by atoms with Crippen LogP contribution in [0.5, 0.6) is 0 Å². The third kappa shape index (κ3) is 3.02. The molecule has 96 valence electrons. The zero-order chi connectivity index (χ0) is 13.0. The minimum Gasteiger partial charge on any atom is -0.354 e. The highest BCUT2D eigenvalue weighted by atomic mass is 79.9. The normalized spacial score (nSPS) is 11.1. The van der Waals surface area contributed by atoms with E-state index in [-0.39, 0.29) is 0 Å². The van der Waals surface area contributed by atoms with Gasteiger partial charge in [0.25, 0.3) is 0 Å². The fourth-order valence-electron chi connectivity index (χ4n) is 2.08. The van der Waals surface area contributed by atoms with Crippen LogP contribution in [0.2, 0.25) is 0 Å². The molecule has 0 saturated heterocycles. The van der Waals surface area contributed by atoms with Crippen LogP contribution in [0.4, 0.5) is 5.82 Å². The molecule has 2 rings (SSSR count). The molecular formula is C15H19BrN2. The van der Waals surface area contributed by atoms with Crippen molar-refractivity contribution in [3.8, 4) is 0 Å². The van der Waals surface area contributed by atoms with E-state index in [1.54, 1.807) is 0 Å². The van der Waals surface area contributed by atoms with E-state index >= 15 is 0 Å². The number of rotatable bonds is 5. The molecule has 0 bridgehead atoms. The molecule has 0 N–H and O–H groups in total. The van der Waals surface area contributed by atoms with E-state index in [4.69, 9.17) is 4.98 Å². The van der Waals surface area contributed by atoms with Gasteiger partial charge in [-0.25, -0.2) is 4.98 Å². The molecule has 1 heterocycles. The van der Waals surface area contributed by atoms with Crippen molar-refractivity contribution in [3.63, 3.8) is 0 Å². The van der Waals surface area contributed by atoms with Gasteiger partial charge in [-0.1, -0.05) is 34.1 Å². The van der Waals surface area contributed by atoms with Gasteiger partial charge < -0.3 is 4.90 Å². The van der Waals surface area contributed by atoms with E-state index < -0.39 is 0 Å². The molecule has 0 aliphatic rings. The van der Waals surface area contributed by atoms with Gasteiger partial charge in [0.05, 0.1) is 5.52 Å². The van der Waals surface area contributed by atoms with Crippen molar-refractivity contribution in [2.75, 3.05) is 16.8 Å². The van der Waals surface area contributed by atoms with Gasteiger partial charge in [-0.2, -0.15) is 0 Å². The third-order valence-electron chi connectivity index (χ3n) is 3.03. The van der Waals surface area contributed by atoms with Crippen molar-refractivity contribution in [2.24, 2.45) is 0 Å². The highest BCUT2D eigenvalue weighted by Crippen LogP contribution is 2.20. The zero-order valence-corrected chi connectivity index (χ0v) is 12.5. The minimum absolute atomic E-state index is 0.470. The summed E-state index contributed by atoms with van der Waals surface area (Å²) in [5, 5.41) is 2.23. The number of para-hydroxylation sites is 1. The summed E-state index contributed by atoms with van der Waals surface area (Å²) >= 11 is 3.49. The quantitative estimate of drug-likeness (QED) is 0.768. The number of hydrogen-bond donors (Lipinski definition) is 0. The fraction of sp³-hybridized carbons (Fsp3) is 0.400. The van der Waals surface area contributed by atoms with E-state index in [2.05, 4.69) is 65.0 Å². The molecule has 2 aromatic rings. The van der Waals surface area contributed by atoms with Gasteiger partial charge >= 0.3 is 0 Å². The minimum atomic E-state index is 0.470. The summed E-state index contributed by atoms with van der Waals surface area (Å²) in [5.74, 6) is 1.07. The standard InChI is InChI=1S/C15H19BrN2/c1-12(2)18(11-5-10-16)15-9-8-13-6-3-4-7-14(13)17-15/h3-4,6-9,12H,5,10-11H2,1-2H3. The molecule has 0 spiro atoms. The lowest BCUT2D eigenvalue weighted by molar-refractivity contribution is 0.666. The Morgan fingerprint density at radius 3 is 2.67 bits per heavy atom. The van der Waals surface area contributed by atoms with Gasteiger partial charge in [0, 0.05) is 23.3 Å². The van der Waals surface area contributed by atoms with E-state index in [1.807, 2.05) is 6.07 Å². The van der Waals surface area contributed by atoms with E-state index in [0.717, 1.165) is 29.6 Å². The number of nitrogens with zero attached hydrogens (tertiary/aromatic N) is 2. The van der Waals surface area contributed by atoms with Crippen LogP contribution in [-0.4, -0.2) is 22.9 Å². The second kappa shape index (κ2) is 6.19. The lowest BCUT2D eigenvalue weighted by Crippen LogP contribution is -2.32. The first-order valence-corrected chi connectivity index (χ1v) is 7.53. The number of anilines is 1. The Balaban J connectivity index is 2.32. The van der Waals surface area contributed by atoms with E-state index in [0.29, 0.717) is 6.04 Å². The first-order valence-electron chi connectivity index (χ1n) is 6.41. The van der Waals surface area contributed by atoms with Crippen molar-refractivity contribution in [1.82, 2.24) is 4.98 Å². The second-order valence-corrected chi connectivity index (χ2v) is 5.48. The van der Waals surface area contributed by atoms with Gasteiger partial charge in [0.1, 0.15) is 5.82 Å². The Morgan fingerprint density at radius 1 is 1.17 bits per heavy atom. The van der Waals surface area contributed by atoms with Crippen LogP contribution in [0.25, 0.3) is 10.9 Å². The molecule has 0 atom stereocenters. The molecule has 1 aromatic heterocycles. The van der Waals surface area contributed by atoms with Crippen molar-refractivity contribution >= 4 is 32.7 Å². The topological polar surface area (TPSA) is 16.1 Å². The number of aromatic nitrogens is 1. The molecule has 3 heteroatoms. The maximum atomic E-state index is 4.76. The Labute approximate surface area is 117 Å². The smallest absolute Gasteiger partial charge is 0.129 e. The molecule has 0 radical (unpaired) electrons. The van der Waals surface area contributed by atoms with Crippen molar-refractivity contribution in [3.05, 3.63) is 36.4 Å². The maximum Gasteiger partial charge on any atom is 0.129 e. The summed E-state index contributed by atoms with van der Waals surface area (Å²) in [6.45, 7) is 5.46. The number of alkyl halides is 1. The predicted octanol–water partition coefficient (Wildman–Crippen LogP) is 4.23. The maximum absolute atomic E-state index is 4.76. The molecule has 0 unspecified atom stereocenters. The number of benzene rings is 1. The van der Waals surface area contributed by atoms with Crippen LogP contribution >= 0.6 is 15.9 Å². The Kier molecular flexibility index (Phi) is 4.59. The van der Waals surface area contributed by atoms with Crippen molar-refractivity contribution in [2.45, 2.75) is 26.3 Å². The Hall–Kier alpha value is -1.09. The van der Waals surface area contributed by atoms with Crippen LogP contribution in [0, 0.1) is 0 Å². The number of hydrogen-bond acceptors (Lipinski definition) is 2. The van der Waals surface area contributed by atoms with Crippen LogP contribution in [0.1, 0.15) is 20.3 Å². The van der Waals surface area contributed by atoms with Crippen LogP contribution in [0.3, 0.4) is 0 Å². The summed E-state index contributed by atoms with van der Waals surface area (Å²) in [6.07, 6.45) is 1.13. The second-order valence-electron chi connectivity index (χ2n) is 4.69. The first-order chi connectivity index (χ1) is 8.72. The number of halogens is 1. The van der Waals surface area contributed by atoms with Gasteiger partial charge in [0.15, 0.2) is 0 Å². The first kappa shape index (κ1) is 13.3. The summed E-state index contributed by atoms with van der Waals surface area (Å²) < 4.78 is 0. The molecule has 0 aliphatic carbocycles. The predicted molar refractivity (Wildman–Crippen MR) is 82.6 cm³/mol. The summed E-state index contributed by atoms with van der Waals surface area (Å²) in [4.78, 5) is 7.12. The van der Waals surface area contributed by atoms with Gasteiger partial charge in [0.2, 0.25) is 0 Å². The molecule has 0 amide bonds. The summed E-state index contributed by atoms with van der Waals surface area (Å²) in [5.41, 5.74) is 1.07. The van der Waals surface area contributed by atoms with Crippen molar-refractivity contribution in [1.29, 1.82) is 0 Å². The van der Waals surface area contributed by atoms with Gasteiger partial charge in [-0.3, -0.25) is 0 Å². The Bertz CT molecular complexity index is 511. The number of fused-ring (bicyclic) bond motifs is 1. The number of pyridine rings is 1. The molecular weight excluding hydrogens is 288 g/mol. The third-order valence-corrected chi connectivity index (χ3v) is 3.59. The average Bonchev–Trinajstić information content (AvgIpc) is 2.38. The van der Waals surface area contributed by atoms with E-state index in [9.17, 15) is 0 Å². The van der Waals surface area contributed by atoms with Crippen molar-refractivity contribution < 1.29 is 0 Å².